The minimum atomic E-state index is -0.527. The Hall–Kier alpha value is -4.30. The van der Waals surface area contributed by atoms with Gasteiger partial charge in [-0.2, -0.15) is 0 Å². The van der Waals surface area contributed by atoms with Crippen molar-refractivity contribution >= 4 is 45.7 Å². The molecule has 1 aromatic heterocycles. The van der Waals surface area contributed by atoms with Crippen LogP contribution >= 0.6 is 11.3 Å². The highest BCUT2D eigenvalue weighted by atomic mass is 32.1. The topological polar surface area (TPSA) is 71.5 Å². The molecule has 0 radical (unpaired) electrons. The fourth-order valence-electron chi connectivity index (χ4n) is 3.11. The molecular formula is C26H20FN3O3S. The van der Waals surface area contributed by atoms with Crippen LogP contribution in [0, 0.1) is 5.82 Å². The van der Waals surface area contributed by atoms with E-state index in [4.69, 9.17) is 4.74 Å². The first kappa shape index (κ1) is 22.9. The Bertz CT molecular complexity index is 1340. The number of halogens is 1. The number of rotatable bonds is 7. The van der Waals surface area contributed by atoms with Gasteiger partial charge in [-0.25, -0.2) is 9.37 Å². The molecule has 4 rings (SSSR count). The van der Waals surface area contributed by atoms with E-state index in [0.29, 0.717) is 28.0 Å². The molecule has 0 aliphatic heterocycles. The number of thiazole rings is 1. The molecule has 0 saturated heterocycles. The van der Waals surface area contributed by atoms with Gasteiger partial charge in [0.2, 0.25) is 11.8 Å². The number of hydrogen-bond acceptors (Lipinski definition) is 5. The smallest absolute Gasteiger partial charge is 0.248 e. The first-order chi connectivity index (χ1) is 16.5. The largest absolute Gasteiger partial charge is 0.455 e. The predicted octanol–water partition coefficient (Wildman–Crippen LogP) is 6.41. The maximum Gasteiger partial charge on any atom is 0.248 e. The van der Waals surface area contributed by atoms with Crippen LogP contribution in [0.5, 0.6) is 11.5 Å². The third-order valence-electron chi connectivity index (χ3n) is 4.63. The zero-order chi connectivity index (χ0) is 23.9. The summed E-state index contributed by atoms with van der Waals surface area (Å²) < 4.78 is 20.1. The SMILES string of the molecule is CC(=O)N(c1nc(/C=C/C(=O)Nc2ccccc2Oc2ccccc2)cs1)c1ccccc1F. The molecule has 3 aromatic carbocycles. The minimum Gasteiger partial charge on any atom is -0.455 e. The van der Waals surface area contributed by atoms with Crippen molar-refractivity contribution in [2.45, 2.75) is 6.92 Å². The number of carbonyl (C=O) groups excluding carboxylic acids is 2. The van der Waals surface area contributed by atoms with Gasteiger partial charge in [0.05, 0.1) is 17.1 Å². The Kier molecular flexibility index (Phi) is 7.10. The van der Waals surface area contributed by atoms with Gasteiger partial charge in [0.1, 0.15) is 11.6 Å². The van der Waals surface area contributed by atoms with Gasteiger partial charge in [0, 0.05) is 18.4 Å². The molecule has 0 saturated carbocycles. The van der Waals surface area contributed by atoms with Gasteiger partial charge >= 0.3 is 0 Å². The van der Waals surface area contributed by atoms with E-state index >= 15 is 0 Å². The van der Waals surface area contributed by atoms with Crippen LogP contribution in [0.1, 0.15) is 12.6 Å². The second-order valence-corrected chi connectivity index (χ2v) is 7.93. The lowest BCUT2D eigenvalue weighted by Crippen LogP contribution is -2.23. The summed E-state index contributed by atoms with van der Waals surface area (Å²) in [6.07, 6.45) is 2.86. The number of nitrogens with one attached hydrogen (secondary N) is 1. The molecule has 2 amide bonds. The molecule has 0 fully saturated rings. The summed E-state index contributed by atoms with van der Waals surface area (Å²) in [5.74, 6) is -0.118. The number of benzene rings is 3. The van der Waals surface area contributed by atoms with Crippen molar-refractivity contribution in [1.82, 2.24) is 4.98 Å². The van der Waals surface area contributed by atoms with Gasteiger partial charge in [-0.1, -0.05) is 42.5 Å². The highest BCUT2D eigenvalue weighted by molar-refractivity contribution is 7.14. The van der Waals surface area contributed by atoms with Crippen molar-refractivity contribution in [2.24, 2.45) is 0 Å². The number of amides is 2. The highest BCUT2D eigenvalue weighted by Gasteiger charge is 2.20. The third-order valence-corrected chi connectivity index (χ3v) is 5.47. The summed E-state index contributed by atoms with van der Waals surface area (Å²) in [5.41, 5.74) is 1.10. The summed E-state index contributed by atoms with van der Waals surface area (Å²) in [4.78, 5) is 30.3. The van der Waals surface area contributed by atoms with E-state index in [1.54, 1.807) is 35.7 Å². The normalized spacial score (nSPS) is 10.8. The second-order valence-electron chi connectivity index (χ2n) is 7.09. The van der Waals surface area contributed by atoms with Crippen LogP contribution in [-0.4, -0.2) is 16.8 Å². The average Bonchev–Trinajstić information content (AvgIpc) is 3.29. The number of anilines is 3. The zero-order valence-corrected chi connectivity index (χ0v) is 19.0. The van der Waals surface area contributed by atoms with Gasteiger partial charge in [-0.3, -0.25) is 14.5 Å². The van der Waals surface area contributed by atoms with Crippen LogP contribution in [-0.2, 0) is 9.59 Å². The molecular weight excluding hydrogens is 453 g/mol. The summed E-state index contributed by atoms with van der Waals surface area (Å²) in [5, 5.41) is 4.78. The van der Waals surface area contributed by atoms with Crippen molar-refractivity contribution in [3.8, 4) is 11.5 Å². The standard InChI is InChI=1S/C26H20FN3O3S/c1-18(31)30(23-13-7-5-11-21(23)27)26-28-19(17-34-26)15-16-25(32)29-22-12-6-8-14-24(22)33-20-9-3-2-4-10-20/h2-17H,1H3,(H,29,32)/b16-15+. The molecule has 0 unspecified atom stereocenters. The van der Waals surface area contributed by atoms with Crippen LogP contribution in [0.2, 0.25) is 0 Å². The van der Waals surface area contributed by atoms with E-state index in [1.807, 2.05) is 36.4 Å². The molecule has 6 nitrogen and oxygen atoms in total. The minimum absolute atomic E-state index is 0.118. The lowest BCUT2D eigenvalue weighted by atomic mass is 10.2. The van der Waals surface area contributed by atoms with E-state index < -0.39 is 5.82 Å². The molecule has 1 N–H and O–H groups in total. The molecule has 0 aliphatic carbocycles. The predicted molar refractivity (Wildman–Crippen MR) is 132 cm³/mol. The van der Waals surface area contributed by atoms with Crippen molar-refractivity contribution < 1.29 is 18.7 Å². The van der Waals surface area contributed by atoms with Crippen LogP contribution in [0.3, 0.4) is 0 Å². The van der Waals surface area contributed by atoms with Crippen LogP contribution in [0.15, 0.2) is 90.3 Å². The Labute approximate surface area is 200 Å². The Morgan fingerprint density at radius 2 is 1.71 bits per heavy atom. The Morgan fingerprint density at radius 1 is 1.00 bits per heavy atom. The maximum atomic E-state index is 14.2. The second kappa shape index (κ2) is 10.5. The van der Waals surface area contributed by atoms with E-state index in [0.717, 1.165) is 0 Å². The molecule has 0 atom stereocenters. The third kappa shape index (κ3) is 5.54. The number of carbonyl (C=O) groups is 2. The van der Waals surface area contributed by atoms with Crippen molar-refractivity contribution in [2.75, 3.05) is 10.2 Å². The molecule has 0 spiro atoms. The van der Waals surface area contributed by atoms with Gasteiger partial charge in [0.25, 0.3) is 0 Å². The van der Waals surface area contributed by atoms with Gasteiger partial charge in [-0.05, 0) is 42.5 Å². The molecule has 0 bridgehead atoms. The first-order valence-electron chi connectivity index (χ1n) is 10.3. The van der Waals surface area contributed by atoms with Crippen molar-refractivity contribution in [3.63, 3.8) is 0 Å². The first-order valence-corrected chi connectivity index (χ1v) is 11.2. The maximum absolute atomic E-state index is 14.2. The fraction of sp³-hybridized carbons (Fsp3) is 0.0385. The van der Waals surface area contributed by atoms with Crippen molar-refractivity contribution in [3.05, 3.63) is 102 Å². The zero-order valence-electron chi connectivity index (χ0n) is 18.1. The van der Waals surface area contributed by atoms with E-state index in [2.05, 4.69) is 10.3 Å². The lowest BCUT2D eigenvalue weighted by Gasteiger charge is -2.18. The fourth-order valence-corrected chi connectivity index (χ4v) is 3.95. The number of nitrogens with zero attached hydrogens (tertiary/aromatic N) is 2. The van der Waals surface area contributed by atoms with Gasteiger partial charge < -0.3 is 10.1 Å². The Balaban J connectivity index is 1.47. The van der Waals surface area contributed by atoms with E-state index in [-0.39, 0.29) is 17.5 Å². The van der Waals surface area contributed by atoms with E-state index in [1.165, 1.54) is 47.4 Å². The van der Waals surface area contributed by atoms with Crippen LogP contribution in [0.4, 0.5) is 20.9 Å². The quantitative estimate of drug-likeness (QED) is 0.315. The molecule has 4 aromatic rings. The van der Waals surface area contributed by atoms with Crippen molar-refractivity contribution in [1.29, 1.82) is 0 Å². The molecule has 34 heavy (non-hydrogen) atoms. The highest BCUT2D eigenvalue weighted by Crippen LogP contribution is 2.31. The number of para-hydroxylation sites is 4. The summed E-state index contributed by atoms with van der Waals surface area (Å²) in [7, 11) is 0. The summed E-state index contributed by atoms with van der Waals surface area (Å²) >= 11 is 1.17. The van der Waals surface area contributed by atoms with Crippen LogP contribution in [0.25, 0.3) is 6.08 Å². The van der Waals surface area contributed by atoms with Gasteiger partial charge in [-0.15, -0.1) is 11.3 Å². The van der Waals surface area contributed by atoms with Crippen LogP contribution < -0.4 is 15.0 Å². The molecule has 8 heteroatoms. The van der Waals surface area contributed by atoms with Gasteiger partial charge in [0.15, 0.2) is 10.9 Å². The molecule has 0 aliphatic rings. The number of ether oxygens (including phenoxy) is 1. The molecule has 1 heterocycles. The van der Waals surface area contributed by atoms with E-state index in [9.17, 15) is 14.0 Å². The average molecular weight is 474 g/mol. The summed E-state index contributed by atoms with van der Waals surface area (Å²) in [6, 6.07) is 22.4. The molecule has 170 valence electrons. The number of hydrogen-bond donors (Lipinski definition) is 1. The Morgan fingerprint density at radius 3 is 2.47 bits per heavy atom. The lowest BCUT2D eigenvalue weighted by molar-refractivity contribution is -0.116. The summed E-state index contributed by atoms with van der Waals surface area (Å²) in [6.45, 7) is 1.34. The monoisotopic (exact) mass is 473 g/mol. The number of aromatic nitrogens is 1.